The van der Waals surface area contributed by atoms with Gasteiger partial charge in [0, 0.05) is 12.6 Å². The molecule has 1 aliphatic heterocycles. The molecule has 7 heteroatoms. The summed E-state index contributed by atoms with van der Waals surface area (Å²) >= 11 is 1.46. The van der Waals surface area contributed by atoms with E-state index in [1.54, 1.807) is 5.51 Å². The molecule has 25 heavy (non-hydrogen) atoms. The molecule has 4 rings (SSSR count). The smallest absolute Gasteiger partial charge is 0.210 e. The minimum Gasteiger partial charge on any atom is -0.315 e. The largest absolute Gasteiger partial charge is 0.315 e. The molecule has 1 atom stereocenters. The quantitative estimate of drug-likeness (QED) is 0.755. The van der Waals surface area contributed by atoms with E-state index in [0.717, 1.165) is 42.0 Å². The van der Waals surface area contributed by atoms with Gasteiger partial charge in [0.15, 0.2) is 0 Å². The van der Waals surface area contributed by atoms with Crippen LogP contribution in [-0.2, 0) is 6.54 Å². The van der Waals surface area contributed by atoms with E-state index < -0.39 is 0 Å². The summed E-state index contributed by atoms with van der Waals surface area (Å²) in [6.45, 7) is 3.99. The number of nitrogens with zero attached hydrogens (tertiary/aromatic N) is 5. The summed E-state index contributed by atoms with van der Waals surface area (Å²) < 4.78 is 0. The Balaban J connectivity index is 1.56. The van der Waals surface area contributed by atoms with E-state index in [4.69, 9.17) is 4.98 Å². The maximum atomic E-state index is 4.71. The Kier molecular flexibility index (Phi) is 4.67. The van der Waals surface area contributed by atoms with Gasteiger partial charge in [0.2, 0.25) is 5.13 Å². The fourth-order valence-electron chi connectivity index (χ4n) is 3.33. The topological polar surface area (TPSA) is 66.8 Å². The number of anilines is 2. The fourth-order valence-corrected chi connectivity index (χ4v) is 3.78. The number of nitrogens with one attached hydrogen (secondary N) is 1. The Morgan fingerprint density at radius 3 is 2.92 bits per heavy atom. The van der Waals surface area contributed by atoms with Gasteiger partial charge >= 0.3 is 0 Å². The SMILES string of the molecule is Cc1nc(Nc2nncs2)cc([C@H]2CCCN2Cc2ccccc2)n1. The van der Waals surface area contributed by atoms with Crippen LogP contribution in [0.15, 0.2) is 41.9 Å². The highest BCUT2D eigenvalue weighted by Crippen LogP contribution is 2.33. The van der Waals surface area contributed by atoms with Gasteiger partial charge in [-0.15, -0.1) is 10.2 Å². The highest BCUT2D eigenvalue weighted by atomic mass is 32.1. The van der Waals surface area contributed by atoms with Crippen LogP contribution in [0.1, 0.15) is 36.0 Å². The lowest BCUT2D eigenvalue weighted by molar-refractivity contribution is 0.244. The van der Waals surface area contributed by atoms with E-state index >= 15 is 0 Å². The molecule has 1 N–H and O–H groups in total. The third-order valence-corrected chi connectivity index (χ3v) is 4.99. The van der Waals surface area contributed by atoms with E-state index in [-0.39, 0.29) is 0 Å². The molecule has 0 amide bonds. The Morgan fingerprint density at radius 1 is 1.24 bits per heavy atom. The molecule has 1 saturated heterocycles. The number of hydrogen-bond acceptors (Lipinski definition) is 7. The standard InChI is InChI=1S/C18H20N6S/c1-13-20-15(10-17(21-13)22-18-23-19-12-25-18)16-8-5-9-24(16)11-14-6-3-2-4-7-14/h2-4,6-7,10,12,16H,5,8-9,11H2,1H3,(H,20,21,22,23)/t16-/m1/s1. The third-order valence-electron chi connectivity index (χ3n) is 4.39. The van der Waals surface area contributed by atoms with Crippen LogP contribution in [0, 0.1) is 6.92 Å². The van der Waals surface area contributed by atoms with Crippen molar-refractivity contribution in [1.29, 1.82) is 0 Å². The molecule has 0 aliphatic carbocycles. The van der Waals surface area contributed by atoms with Gasteiger partial charge in [0.05, 0.1) is 11.7 Å². The molecule has 6 nitrogen and oxygen atoms in total. The van der Waals surface area contributed by atoms with Gasteiger partial charge in [-0.1, -0.05) is 41.7 Å². The van der Waals surface area contributed by atoms with Crippen molar-refractivity contribution < 1.29 is 0 Å². The molecule has 0 unspecified atom stereocenters. The van der Waals surface area contributed by atoms with Crippen LogP contribution in [0.2, 0.25) is 0 Å². The highest BCUT2D eigenvalue weighted by molar-refractivity contribution is 7.13. The Hall–Kier alpha value is -2.38. The number of aromatic nitrogens is 4. The zero-order valence-corrected chi connectivity index (χ0v) is 14.9. The van der Waals surface area contributed by atoms with Crippen molar-refractivity contribution in [3.05, 3.63) is 59.0 Å². The molecule has 0 radical (unpaired) electrons. The summed E-state index contributed by atoms with van der Waals surface area (Å²) in [6, 6.07) is 13.0. The molecular weight excluding hydrogens is 332 g/mol. The maximum absolute atomic E-state index is 4.71. The van der Waals surface area contributed by atoms with Crippen molar-refractivity contribution in [2.45, 2.75) is 32.4 Å². The van der Waals surface area contributed by atoms with E-state index in [1.165, 1.54) is 23.3 Å². The van der Waals surface area contributed by atoms with Crippen molar-refractivity contribution in [3.63, 3.8) is 0 Å². The maximum Gasteiger partial charge on any atom is 0.210 e. The lowest BCUT2D eigenvalue weighted by Gasteiger charge is -2.24. The molecule has 2 aromatic heterocycles. The van der Waals surface area contributed by atoms with Crippen molar-refractivity contribution in [2.75, 3.05) is 11.9 Å². The van der Waals surface area contributed by atoms with Crippen molar-refractivity contribution in [2.24, 2.45) is 0 Å². The summed E-state index contributed by atoms with van der Waals surface area (Å²) in [5, 5.41) is 11.9. The molecule has 3 aromatic rings. The van der Waals surface area contributed by atoms with Crippen LogP contribution in [0.4, 0.5) is 10.9 Å². The highest BCUT2D eigenvalue weighted by Gasteiger charge is 2.27. The summed E-state index contributed by atoms with van der Waals surface area (Å²) in [6.07, 6.45) is 2.32. The lowest BCUT2D eigenvalue weighted by atomic mass is 10.1. The Bertz CT molecular complexity index is 821. The average Bonchev–Trinajstić information content (AvgIpc) is 3.27. The molecule has 128 valence electrons. The number of rotatable bonds is 5. The molecule has 3 heterocycles. The van der Waals surface area contributed by atoms with Crippen LogP contribution in [-0.4, -0.2) is 31.6 Å². The van der Waals surface area contributed by atoms with Crippen molar-refractivity contribution in [1.82, 2.24) is 25.1 Å². The second-order valence-corrected chi connectivity index (χ2v) is 7.04. The molecule has 1 fully saturated rings. The zero-order chi connectivity index (χ0) is 17.1. The van der Waals surface area contributed by atoms with Gasteiger partial charge in [-0.3, -0.25) is 4.90 Å². The van der Waals surface area contributed by atoms with E-state index in [9.17, 15) is 0 Å². The summed E-state index contributed by atoms with van der Waals surface area (Å²) in [4.78, 5) is 11.7. The third kappa shape index (κ3) is 3.83. The Labute approximate surface area is 151 Å². The number of benzene rings is 1. The first-order chi connectivity index (χ1) is 12.3. The summed E-state index contributed by atoms with van der Waals surface area (Å²) in [7, 11) is 0. The molecule has 1 aromatic carbocycles. The van der Waals surface area contributed by atoms with Crippen molar-refractivity contribution >= 4 is 22.3 Å². The summed E-state index contributed by atoms with van der Waals surface area (Å²) in [5.74, 6) is 1.56. The van der Waals surface area contributed by atoms with Gasteiger partial charge in [0.25, 0.3) is 0 Å². The second kappa shape index (κ2) is 7.25. The number of aryl methyl sites for hydroxylation is 1. The molecule has 0 bridgehead atoms. The van der Waals surface area contributed by atoms with Gasteiger partial charge < -0.3 is 5.32 Å². The number of likely N-dealkylation sites (tertiary alicyclic amines) is 1. The van der Waals surface area contributed by atoms with E-state index in [1.807, 2.05) is 13.0 Å². The average molecular weight is 352 g/mol. The predicted octanol–water partition coefficient (Wildman–Crippen LogP) is 3.72. The first-order valence-electron chi connectivity index (χ1n) is 8.45. The fraction of sp³-hybridized carbons (Fsp3) is 0.333. The lowest BCUT2D eigenvalue weighted by Crippen LogP contribution is -2.24. The normalized spacial score (nSPS) is 17.7. The van der Waals surface area contributed by atoms with Gasteiger partial charge in [0.1, 0.15) is 17.2 Å². The molecular formula is C18H20N6S. The first-order valence-corrected chi connectivity index (χ1v) is 9.32. The van der Waals surface area contributed by atoms with Crippen LogP contribution >= 0.6 is 11.3 Å². The zero-order valence-electron chi connectivity index (χ0n) is 14.1. The van der Waals surface area contributed by atoms with Crippen LogP contribution in [0.25, 0.3) is 0 Å². The van der Waals surface area contributed by atoms with E-state index in [0.29, 0.717) is 6.04 Å². The second-order valence-electron chi connectivity index (χ2n) is 6.21. The Morgan fingerprint density at radius 2 is 2.12 bits per heavy atom. The van der Waals surface area contributed by atoms with Gasteiger partial charge in [-0.05, 0) is 31.9 Å². The van der Waals surface area contributed by atoms with Crippen LogP contribution in [0.5, 0.6) is 0 Å². The first kappa shape index (κ1) is 16.1. The molecule has 1 aliphatic rings. The number of hydrogen-bond donors (Lipinski definition) is 1. The monoisotopic (exact) mass is 352 g/mol. The minimum atomic E-state index is 0.330. The summed E-state index contributed by atoms with van der Waals surface area (Å²) in [5.41, 5.74) is 4.12. The van der Waals surface area contributed by atoms with Gasteiger partial charge in [-0.25, -0.2) is 9.97 Å². The van der Waals surface area contributed by atoms with Crippen LogP contribution < -0.4 is 5.32 Å². The molecule has 0 saturated carbocycles. The van der Waals surface area contributed by atoms with Crippen LogP contribution in [0.3, 0.4) is 0 Å². The molecule has 0 spiro atoms. The predicted molar refractivity (Wildman–Crippen MR) is 98.8 cm³/mol. The van der Waals surface area contributed by atoms with E-state index in [2.05, 4.69) is 55.7 Å². The van der Waals surface area contributed by atoms with Gasteiger partial charge in [-0.2, -0.15) is 0 Å². The minimum absolute atomic E-state index is 0.330. The van der Waals surface area contributed by atoms with Crippen molar-refractivity contribution in [3.8, 4) is 0 Å².